The average molecular weight is 353 g/mol. The molecule has 1 aliphatic carbocycles. The summed E-state index contributed by atoms with van der Waals surface area (Å²) in [6, 6.07) is 5.60. The van der Waals surface area contributed by atoms with E-state index in [0.717, 1.165) is 11.1 Å². The summed E-state index contributed by atoms with van der Waals surface area (Å²) in [4.78, 5) is 14.0. The minimum atomic E-state index is -2.56. The molecule has 0 bridgehead atoms. The molecule has 1 aromatic carbocycles. The van der Waals surface area contributed by atoms with Crippen LogP contribution in [0.4, 0.5) is 13.6 Å². The Balaban J connectivity index is 1.65. The zero-order valence-corrected chi connectivity index (χ0v) is 15.1. The van der Waals surface area contributed by atoms with Crippen LogP contribution in [0.2, 0.25) is 0 Å². The first-order chi connectivity index (χ1) is 11.5. The molecule has 0 saturated heterocycles. The molecule has 0 spiro atoms. The fourth-order valence-electron chi connectivity index (χ4n) is 3.08. The number of carbonyl (C=O) groups is 1. The van der Waals surface area contributed by atoms with Gasteiger partial charge in [0.05, 0.1) is 12.5 Å². The largest absolute Gasteiger partial charge is 0.493 e. The number of fused-ring (bicyclic) bond motifs is 1. The van der Waals surface area contributed by atoms with Crippen molar-refractivity contribution in [3.8, 4) is 5.75 Å². The van der Waals surface area contributed by atoms with Crippen LogP contribution in [-0.4, -0.2) is 35.7 Å². The number of rotatable bonds is 3. The Morgan fingerprint density at radius 3 is 2.64 bits per heavy atom. The van der Waals surface area contributed by atoms with Gasteiger partial charge in [-0.2, -0.15) is 0 Å². The summed E-state index contributed by atoms with van der Waals surface area (Å²) in [6.07, 6.45) is -0.402. The van der Waals surface area contributed by atoms with E-state index in [9.17, 15) is 13.6 Å². The summed E-state index contributed by atoms with van der Waals surface area (Å²) >= 11 is 0. The third kappa shape index (κ3) is 4.22. The second kappa shape index (κ2) is 6.15. The molecule has 1 aliphatic heterocycles. The Morgan fingerprint density at radius 2 is 2.04 bits per heavy atom. The Hall–Kier alpha value is -1.85. The monoisotopic (exact) mass is 353 g/mol. The van der Waals surface area contributed by atoms with Crippen LogP contribution in [0, 0.1) is 5.92 Å². The summed E-state index contributed by atoms with van der Waals surface area (Å²) in [5.41, 5.74) is 1.61. The van der Waals surface area contributed by atoms with Crippen LogP contribution in [0.5, 0.6) is 5.75 Å². The first kappa shape index (κ1) is 18.0. The highest BCUT2D eigenvalue weighted by molar-refractivity contribution is 5.69. The number of benzene rings is 1. The predicted molar refractivity (Wildman–Crippen MR) is 90.1 cm³/mol. The van der Waals surface area contributed by atoms with Gasteiger partial charge in [-0.3, -0.25) is 0 Å². The van der Waals surface area contributed by atoms with Crippen molar-refractivity contribution >= 4 is 6.09 Å². The maximum Gasteiger partial charge on any atom is 0.410 e. The van der Waals surface area contributed by atoms with Gasteiger partial charge < -0.3 is 14.4 Å². The maximum absolute atomic E-state index is 12.9. The lowest BCUT2D eigenvalue weighted by molar-refractivity contribution is 0.0209. The Labute approximate surface area is 147 Å². The summed E-state index contributed by atoms with van der Waals surface area (Å²) in [6.45, 7) is 8.66. The first-order valence-electron chi connectivity index (χ1n) is 8.66. The molecule has 0 radical (unpaired) electrons. The van der Waals surface area contributed by atoms with Crippen molar-refractivity contribution in [3.05, 3.63) is 29.3 Å². The lowest BCUT2D eigenvalue weighted by Gasteiger charge is -2.34. The van der Waals surface area contributed by atoms with Crippen molar-refractivity contribution in [1.82, 2.24) is 4.90 Å². The molecule has 25 heavy (non-hydrogen) atoms. The van der Waals surface area contributed by atoms with Gasteiger partial charge in [0.25, 0.3) is 5.92 Å². The number of halogens is 2. The first-order valence-corrected chi connectivity index (χ1v) is 8.66. The van der Waals surface area contributed by atoms with E-state index >= 15 is 0 Å². The zero-order valence-electron chi connectivity index (χ0n) is 15.1. The van der Waals surface area contributed by atoms with Gasteiger partial charge in [0.2, 0.25) is 0 Å². The fourth-order valence-corrected chi connectivity index (χ4v) is 3.08. The summed E-state index contributed by atoms with van der Waals surface area (Å²) in [5, 5.41) is 0. The molecule has 1 fully saturated rings. The quantitative estimate of drug-likeness (QED) is 0.799. The lowest BCUT2D eigenvalue weighted by Crippen LogP contribution is -2.41. The molecule has 2 aliphatic rings. The molecule has 1 aromatic rings. The number of alkyl halides is 2. The molecule has 3 rings (SSSR count). The number of nitrogens with zero attached hydrogens (tertiary/aromatic N) is 1. The van der Waals surface area contributed by atoms with E-state index in [1.807, 2.05) is 39.8 Å². The summed E-state index contributed by atoms with van der Waals surface area (Å²) in [5.74, 6) is -2.49. The molecule has 1 heterocycles. The Kier molecular flexibility index (Phi) is 4.41. The predicted octanol–water partition coefficient (Wildman–Crippen LogP) is 4.57. The molecule has 1 saturated carbocycles. The number of amides is 1. The van der Waals surface area contributed by atoms with E-state index in [1.165, 1.54) is 0 Å². The average Bonchev–Trinajstić information content (AvgIpc) is 3.10. The molecule has 4 nitrogen and oxygen atoms in total. The SMILES string of the molecule is CC1CN(C(=O)OC(C)(C)C)Cc2ccc(OCC3CC3(F)F)cc21. The highest BCUT2D eigenvalue weighted by atomic mass is 19.3. The summed E-state index contributed by atoms with van der Waals surface area (Å²) in [7, 11) is 0. The molecule has 0 N–H and O–H groups in total. The normalized spacial score (nSPS) is 24.5. The van der Waals surface area contributed by atoms with Crippen molar-refractivity contribution in [3.63, 3.8) is 0 Å². The minimum absolute atomic E-state index is 0.0458. The van der Waals surface area contributed by atoms with E-state index in [1.54, 1.807) is 11.0 Å². The standard InChI is InChI=1S/C19H25F2NO3/c1-12-9-22(17(23)25-18(2,3)4)10-13-5-6-15(7-16(12)13)24-11-14-8-19(14,20)21/h5-7,12,14H,8-11H2,1-4H3. The molecule has 1 amide bonds. The molecule has 6 heteroatoms. The van der Waals surface area contributed by atoms with E-state index in [2.05, 4.69) is 0 Å². The van der Waals surface area contributed by atoms with Crippen molar-refractivity contribution in [2.45, 2.75) is 58.1 Å². The van der Waals surface area contributed by atoms with E-state index in [4.69, 9.17) is 9.47 Å². The highest BCUT2D eigenvalue weighted by Crippen LogP contribution is 2.48. The molecule has 138 valence electrons. The van der Waals surface area contributed by atoms with E-state index in [0.29, 0.717) is 18.8 Å². The van der Waals surface area contributed by atoms with Crippen LogP contribution in [-0.2, 0) is 11.3 Å². The van der Waals surface area contributed by atoms with Gasteiger partial charge in [-0.05, 0) is 49.9 Å². The fraction of sp³-hybridized carbons (Fsp3) is 0.632. The van der Waals surface area contributed by atoms with Gasteiger partial charge >= 0.3 is 6.09 Å². The molecular weight excluding hydrogens is 328 g/mol. The van der Waals surface area contributed by atoms with Gasteiger partial charge in [0.1, 0.15) is 11.4 Å². The Bertz CT molecular complexity index is 669. The van der Waals surface area contributed by atoms with Gasteiger partial charge in [-0.1, -0.05) is 13.0 Å². The third-order valence-electron chi connectivity index (χ3n) is 4.56. The molecule has 2 atom stereocenters. The van der Waals surface area contributed by atoms with Crippen LogP contribution in [0.15, 0.2) is 18.2 Å². The van der Waals surface area contributed by atoms with Gasteiger partial charge in [-0.25, -0.2) is 13.6 Å². The zero-order chi connectivity index (χ0) is 18.4. The number of carbonyl (C=O) groups excluding carboxylic acids is 1. The van der Waals surface area contributed by atoms with Crippen LogP contribution in [0.3, 0.4) is 0 Å². The van der Waals surface area contributed by atoms with Crippen LogP contribution in [0.25, 0.3) is 0 Å². The second-order valence-corrected chi connectivity index (χ2v) is 8.10. The second-order valence-electron chi connectivity index (χ2n) is 8.10. The lowest BCUT2D eigenvalue weighted by atomic mass is 9.91. The third-order valence-corrected chi connectivity index (χ3v) is 4.56. The van der Waals surface area contributed by atoms with Crippen LogP contribution in [0.1, 0.15) is 51.2 Å². The molecule has 2 unspecified atom stereocenters. The minimum Gasteiger partial charge on any atom is -0.493 e. The van der Waals surface area contributed by atoms with Gasteiger partial charge in [-0.15, -0.1) is 0 Å². The Morgan fingerprint density at radius 1 is 1.36 bits per heavy atom. The number of hydrogen-bond acceptors (Lipinski definition) is 3. The smallest absolute Gasteiger partial charge is 0.410 e. The van der Waals surface area contributed by atoms with Crippen molar-refractivity contribution in [1.29, 1.82) is 0 Å². The van der Waals surface area contributed by atoms with Crippen molar-refractivity contribution in [2.24, 2.45) is 5.92 Å². The van der Waals surface area contributed by atoms with Crippen molar-refractivity contribution < 1.29 is 23.0 Å². The van der Waals surface area contributed by atoms with E-state index in [-0.39, 0.29) is 25.0 Å². The topological polar surface area (TPSA) is 38.8 Å². The maximum atomic E-state index is 12.9. The summed E-state index contributed by atoms with van der Waals surface area (Å²) < 4.78 is 36.9. The number of ether oxygens (including phenoxy) is 2. The van der Waals surface area contributed by atoms with Gasteiger partial charge in [0.15, 0.2) is 0 Å². The highest BCUT2D eigenvalue weighted by Gasteiger charge is 2.57. The molecular formula is C19H25F2NO3. The van der Waals surface area contributed by atoms with Crippen molar-refractivity contribution in [2.75, 3.05) is 13.2 Å². The van der Waals surface area contributed by atoms with E-state index < -0.39 is 17.4 Å². The van der Waals surface area contributed by atoms with Gasteiger partial charge in [0, 0.05) is 19.5 Å². The van der Waals surface area contributed by atoms with Crippen LogP contribution >= 0.6 is 0 Å². The number of hydrogen-bond donors (Lipinski definition) is 0. The van der Waals surface area contributed by atoms with Crippen LogP contribution < -0.4 is 4.74 Å². The molecule has 0 aromatic heterocycles.